The lowest BCUT2D eigenvalue weighted by Gasteiger charge is -2.27. The SMILES string of the molecule is c1ccc(SC2c3ccccc3Sc3ccccc32)cc1. The normalized spacial score (nSPS) is 13.5. The molecule has 0 aromatic heterocycles. The molecule has 0 radical (unpaired) electrons. The second-order valence-corrected chi connectivity index (χ2v) is 7.25. The van der Waals surface area contributed by atoms with Crippen LogP contribution in [0.5, 0.6) is 0 Å². The fourth-order valence-electron chi connectivity index (χ4n) is 2.63. The first-order valence-corrected chi connectivity index (χ1v) is 8.69. The van der Waals surface area contributed by atoms with E-state index in [1.54, 1.807) is 0 Å². The van der Waals surface area contributed by atoms with Crippen LogP contribution in [0.1, 0.15) is 16.4 Å². The number of hydrogen-bond acceptors (Lipinski definition) is 2. The third kappa shape index (κ3) is 2.50. The lowest BCUT2D eigenvalue weighted by molar-refractivity contribution is 1.03. The van der Waals surface area contributed by atoms with Crippen molar-refractivity contribution in [2.24, 2.45) is 0 Å². The molecule has 0 N–H and O–H groups in total. The van der Waals surface area contributed by atoms with Crippen molar-refractivity contribution in [3.05, 3.63) is 90.0 Å². The molecule has 21 heavy (non-hydrogen) atoms. The van der Waals surface area contributed by atoms with E-state index in [0.717, 1.165) is 0 Å². The van der Waals surface area contributed by atoms with Crippen molar-refractivity contribution in [1.29, 1.82) is 0 Å². The van der Waals surface area contributed by atoms with Gasteiger partial charge in [0.2, 0.25) is 0 Å². The van der Waals surface area contributed by atoms with Crippen molar-refractivity contribution in [2.75, 3.05) is 0 Å². The van der Waals surface area contributed by atoms with Gasteiger partial charge in [0.25, 0.3) is 0 Å². The zero-order valence-corrected chi connectivity index (χ0v) is 13.0. The van der Waals surface area contributed by atoms with E-state index >= 15 is 0 Å². The van der Waals surface area contributed by atoms with Gasteiger partial charge in [-0.15, -0.1) is 11.8 Å². The molecule has 4 rings (SSSR count). The summed E-state index contributed by atoms with van der Waals surface area (Å²) >= 11 is 3.82. The summed E-state index contributed by atoms with van der Waals surface area (Å²) in [4.78, 5) is 4.08. The Morgan fingerprint density at radius 3 is 1.76 bits per heavy atom. The minimum Gasteiger partial charge on any atom is -0.113 e. The summed E-state index contributed by atoms with van der Waals surface area (Å²) in [6.45, 7) is 0. The Morgan fingerprint density at radius 2 is 1.14 bits per heavy atom. The lowest BCUT2D eigenvalue weighted by Crippen LogP contribution is -2.05. The highest BCUT2D eigenvalue weighted by molar-refractivity contribution is 8.01. The molecule has 1 aliphatic heterocycles. The van der Waals surface area contributed by atoms with Crippen LogP contribution in [0.2, 0.25) is 0 Å². The minimum absolute atomic E-state index is 0.376. The van der Waals surface area contributed by atoms with Gasteiger partial charge in [-0.1, -0.05) is 66.4 Å². The lowest BCUT2D eigenvalue weighted by atomic mass is 10.0. The van der Waals surface area contributed by atoms with Gasteiger partial charge in [-0.05, 0) is 35.4 Å². The second-order valence-electron chi connectivity index (χ2n) is 4.99. The van der Waals surface area contributed by atoms with E-state index in [4.69, 9.17) is 0 Å². The van der Waals surface area contributed by atoms with Gasteiger partial charge in [0.15, 0.2) is 0 Å². The van der Waals surface area contributed by atoms with E-state index < -0.39 is 0 Å². The molecule has 0 fully saturated rings. The highest BCUT2D eigenvalue weighted by Gasteiger charge is 2.26. The fraction of sp³-hybridized carbons (Fsp3) is 0.0526. The number of rotatable bonds is 2. The molecule has 3 aromatic rings. The van der Waals surface area contributed by atoms with E-state index in [1.165, 1.54) is 25.8 Å². The summed E-state index contributed by atoms with van der Waals surface area (Å²) in [6.07, 6.45) is 0. The van der Waals surface area contributed by atoms with Gasteiger partial charge in [0, 0.05) is 14.7 Å². The van der Waals surface area contributed by atoms with Gasteiger partial charge in [0.05, 0.1) is 5.25 Å². The van der Waals surface area contributed by atoms with Gasteiger partial charge in [-0.25, -0.2) is 0 Å². The summed E-state index contributed by atoms with van der Waals surface area (Å²) in [5.74, 6) is 0. The minimum atomic E-state index is 0.376. The number of hydrogen-bond donors (Lipinski definition) is 0. The van der Waals surface area contributed by atoms with Crippen molar-refractivity contribution in [2.45, 2.75) is 19.9 Å². The highest BCUT2D eigenvalue weighted by Crippen LogP contribution is 2.51. The largest absolute Gasteiger partial charge is 0.113 e. The molecule has 0 saturated heterocycles. The molecule has 1 heterocycles. The molecule has 0 spiro atoms. The van der Waals surface area contributed by atoms with E-state index in [0.29, 0.717) is 5.25 Å². The molecule has 0 amide bonds. The Hall–Kier alpha value is -1.64. The second kappa shape index (κ2) is 5.63. The smallest absolute Gasteiger partial charge is 0.0616 e. The van der Waals surface area contributed by atoms with Gasteiger partial charge in [-0.3, -0.25) is 0 Å². The van der Waals surface area contributed by atoms with Crippen molar-refractivity contribution in [1.82, 2.24) is 0 Å². The van der Waals surface area contributed by atoms with Crippen LogP contribution in [0, 0.1) is 0 Å². The molecular formula is C19H14S2. The standard InChI is InChI=1S/C19H14S2/c1-2-8-14(9-3-1)20-19-15-10-4-6-12-17(15)21-18-13-7-5-11-16(18)19/h1-13,19H. The average Bonchev–Trinajstić information content (AvgIpc) is 2.55. The Balaban J connectivity index is 1.82. The van der Waals surface area contributed by atoms with Crippen LogP contribution in [0.15, 0.2) is 93.5 Å². The maximum absolute atomic E-state index is 2.26. The molecule has 0 unspecified atom stereocenters. The van der Waals surface area contributed by atoms with Gasteiger partial charge in [-0.2, -0.15) is 0 Å². The molecule has 0 aliphatic carbocycles. The summed E-state index contributed by atoms with van der Waals surface area (Å²) in [5, 5.41) is 0.376. The number of thioether (sulfide) groups is 1. The van der Waals surface area contributed by atoms with E-state index in [9.17, 15) is 0 Å². The highest BCUT2D eigenvalue weighted by atomic mass is 32.2. The van der Waals surface area contributed by atoms with Crippen LogP contribution in [0.25, 0.3) is 0 Å². The molecule has 0 saturated carbocycles. The third-order valence-corrected chi connectivity index (χ3v) is 6.09. The topological polar surface area (TPSA) is 0 Å². The first-order valence-electron chi connectivity index (χ1n) is 6.99. The van der Waals surface area contributed by atoms with Crippen LogP contribution >= 0.6 is 23.5 Å². The van der Waals surface area contributed by atoms with Crippen LogP contribution in [0.4, 0.5) is 0 Å². The number of benzene rings is 3. The van der Waals surface area contributed by atoms with Crippen LogP contribution in [-0.4, -0.2) is 0 Å². The van der Waals surface area contributed by atoms with E-state index in [2.05, 4.69) is 78.9 Å². The first-order chi connectivity index (χ1) is 10.4. The predicted octanol–water partition coefficient (Wildman–Crippen LogP) is 6.03. The zero-order chi connectivity index (χ0) is 14.1. The molecule has 1 aliphatic rings. The predicted molar refractivity (Wildman–Crippen MR) is 91.1 cm³/mol. The summed E-state index contributed by atoms with van der Waals surface area (Å²) in [6, 6.07) is 28.2. The van der Waals surface area contributed by atoms with E-state index in [1.807, 2.05) is 23.5 Å². The van der Waals surface area contributed by atoms with Crippen LogP contribution in [0.3, 0.4) is 0 Å². The Bertz CT molecular complexity index is 720. The Morgan fingerprint density at radius 1 is 0.619 bits per heavy atom. The molecule has 0 atom stereocenters. The average molecular weight is 306 g/mol. The van der Waals surface area contributed by atoms with Crippen molar-refractivity contribution in [3.63, 3.8) is 0 Å². The zero-order valence-electron chi connectivity index (χ0n) is 11.4. The van der Waals surface area contributed by atoms with Crippen molar-refractivity contribution in [3.8, 4) is 0 Å². The molecule has 3 aromatic carbocycles. The van der Waals surface area contributed by atoms with E-state index in [-0.39, 0.29) is 0 Å². The fourth-order valence-corrected chi connectivity index (χ4v) is 5.17. The summed E-state index contributed by atoms with van der Waals surface area (Å²) in [5.41, 5.74) is 2.85. The van der Waals surface area contributed by atoms with Gasteiger partial charge in [0.1, 0.15) is 0 Å². The Labute approximate surface area is 133 Å². The molecule has 2 heteroatoms. The van der Waals surface area contributed by atoms with Crippen molar-refractivity contribution < 1.29 is 0 Å². The summed E-state index contributed by atoms with van der Waals surface area (Å²) in [7, 11) is 0. The van der Waals surface area contributed by atoms with Gasteiger partial charge >= 0.3 is 0 Å². The molecular weight excluding hydrogens is 292 g/mol. The summed E-state index contributed by atoms with van der Waals surface area (Å²) < 4.78 is 0. The van der Waals surface area contributed by atoms with Crippen LogP contribution < -0.4 is 0 Å². The maximum Gasteiger partial charge on any atom is 0.0616 e. The molecule has 102 valence electrons. The molecule has 0 nitrogen and oxygen atoms in total. The maximum atomic E-state index is 2.26. The number of fused-ring (bicyclic) bond motifs is 2. The third-order valence-electron chi connectivity index (χ3n) is 3.62. The van der Waals surface area contributed by atoms with Crippen molar-refractivity contribution >= 4 is 23.5 Å². The van der Waals surface area contributed by atoms with Gasteiger partial charge < -0.3 is 0 Å². The Kier molecular flexibility index (Phi) is 3.50. The van der Waals surface area contributed by atoms with Crippen LogP contribution in [-0.2, 0) is 0 Å². The monoisotopic (exact) mass is 306 g/mol. The first kappa shape index (κ1) is 13.1. The molecule has 0 bridgehead atoms. The quantitative estimate of drug-likeness (QED) is 0.566.